The minimum absolute atomic E-state index is 0.222. The van der Waals surface area contributed by atoms with Crippen LogP contribution in [0.1, 0.15) is 4.88 Å². The number of carbonyl (C=O) groups is 1. The molecule has 14 heavy (non-hydrogen) atoms. The molecule has 0 N–H and O–H groups in total. The summed E-state index contributed by atoms with van der Waals surface area (Å²) in [7, 11) is 0. The number of esters is 1. The van der Waals surface area contributed by atoms with Gasteiger partial charge in [-0.2, -0.15) is 0 Å². The Hall–Kier alpha value is -1.29. The first-order valence-electron chi connectivity index (χ1n) is 4.23. The highest BCUT2D eigenvalue weighted by atomic mass is 32.1. The Morgan fingerprint density at radius 1 is 1.57 bits per heavy atom. The standard InChI is InChI=1S/C10H12O3S/c1-2-12-5-6-13-10(11)8-9-4-3-7-14-9/h2-4,7H,1,5-6,8H2. The lowest BCUT2D eigenvalue weighted by Gasteiger charge is -2.02. The average Bonchev–Trinajstić information content (AvgIpc) is 2.65. The molecule has 0 spiro atoms. The van der Waals surface area contributed by atoms with Gasteiger partial charge in [0.25, 0.3) is 0 Å². The zero-order valence-electron chi connectivity index (χ0n) is 7.77. The van der Waals surface area contributed by atoms with E-state index in [-0.39, 0.29) is 12.6 Å². The molecule has 1 rings (SSSR count). The molecule has 4 heteroatoms. The van der Waals surface area contributed by atoms with E-state index < -0.39 is 0 Å². The fourth-order valence-electron chi connectivity index (χ4n) is 0.893. The largest absolute Gasteiger partial charge is 0.498 e. The Labute approximate surface area is 87.0 Å². The number of carbonyl (C=O) groups excluding carboxylic acids is 1. The quantitative estimate of drug-likeness (QED) is 0.411. The van der Waals surface area contributed by atoms with Crippen molar-refractivity contribution in [2.75, 3.05) is 13.2 Å². The summed E-state index contributed by atoms with van der Waals surface area (Å²) >= 11 is 1.55. The molecule has 0 amide bonds. The lowest BCUT2D eigenvalue weighted by Crippen LogP contribution is -2.11. The smallest absolute Gasteiger partial charge is 0.311 e. The van der Waals surface area contributed by atoms with E-state index in [1.54, 1.807) is 11.3 Å². The van der Waals surface area contributed by atoms with Crippen LogP contribution in [-0.2, 0) is 20.7 Å². The van der Waals surface area contributed by atoms with Crippen molar-refractivity contribution >= 4 is 17.3 Å². The summed E-state index contributed by atoms with van der Waals surface area (Å²) in [5.74, 6) is -0.222. The second-order valence-electron chi connectivity index (χ2n) is 2.51. The summed E-state index contributed by atoms with van der Waals surface area (Å²) in [6.07, 6.45) is 1.67. The van der Waals surface area contributed by atoms with Crippen molar-refractivity contribution in [2.45, 2.75) is 6.42 Å². The Morgan fingerprint density at radius 2 is 2.43 bits per heavy atom. The molecule has 0 saturated carbocycles. The molecular formula is C10H12O3S. The summed E-state index contributed by atoms with van der Waals surface area (Å²) in [4.78, 5) is 12.2. The zero-order chi connectivity index (χ0) is 10.2. The Morgan fingerprint density at radius 3 is 3.07 bits per heavy atom. The summed E-state index contributed by atoms with van der Waals surface area (Å²) in [5, 5.41) is 1.93. The third-order valence-electron chi connectivity index (χ3n) is 1.48. The second kappa shape index (κ2) is 6.21. The van der Waals surface area contributed by atoms with Crippen LogP contribution < -0.4 is 0 Å². The summed E-state index contributed by atoms with van der Waals surface area (Å²) in [6, 6.07) is 3.82. The van der Waals surface area contributed by atoms with Crippen LogP contribution >= 0.6 is 11.3 Å². The predicted molar refractivity (Wildman–Crippen MR) is 55.1 cm³/mol. The van der Waals surface area contributed by atoms with E-state index in [9.17, 15) is 4.79 Å². The van der Waals surface area contributed by atoms with Gasteiger partial charge in [0.1, 0.15) is 13.2 Å². The first-order chi connectivity index (χ1) is 6.83. The SMILES string of the molecule is C=COCCOC(=O)Cc1cccs1. The van der Waals surface area contributed by atoms with Gasteiger partial charge in [0, 0.05) is 4.88 Å². The van der Waals surface area contributed by atoms with Crippen molar-refractivity contribution < 1.29 is 14.3 Å². The number of hydrogen-bond donors (Lipinski definition) is 0. The molecule has 0 aromatic carbocycles. The number of ether oxygens (including phenoxy) is 2. The van der Waals surface area contributed by atoms with Crippen molar-refractivity contribution in [3.63, 3.8) is 0 Å². The zero-order valence-corrected chi connectivity index (χ0v) is 8.59. The van der Waals surface area contributed by atoms with E-state index in [4.69, 9.17) is 9.47 Å². The summed E-state index contributed by atoms with van der Waals surface area (Å²) < 4.78 is 9.72. The fraction of sp³-hybridized carbons (Fsp3) is 0.300. The minimum atomic E-state index is -0.222. The maximum atomic E-state index is 11.2. The van der Waals surface area contributed by atoms with Gasteiger partial charge >= 0.3 is 5.97 Å². The fourth-order valence-corrected chi connectivity index (χ4v) is 1.58. The average molecular weight is 212 g/mol. The molecule has 0 bridgehead atoms. The van der Waals surface area contributed by atoms with Crippen LogP contribution in [-0.4, -0.2) is 19.2 Å². The number of rotatable bonds is 6. The molecule has 1 heterocycles. The van der Waals surface area contributed by atoms with Gasteiger partial charge in [-0.05, 0) is 11.4 Å². The van der Waals surface area contributed by atoms with Crippen LogP contribution in [0.3, 0.4) is 0 Å². The maximum Gasteiger partial charge on any atom is 0.311 e. The van der Waals surface area contributed by atoms with Crippen LogP contribution in [0.2, 0.25) is 0 Å². The van der Waals surface area contributed by atoms with Crippen molar-refractivity contribution in [3.8, 4) is 0 Å². The Balaban J connectivity index is 2.13. The molecule has 0 fully saturated rings. The second-order valence-corrected chi connectivity index (χ2v) is 3.55. The maximum absolute atomic E-state index is 11.2. The molecule has 1 aromatic heterocycles. The molecule has 0 radical (unpaired) electrons. The molecule has 0 unspecified atom stereocenters. The van der Waals surface area contributed by atoms with Crippen molar-refractivity contribution in [2.24, 2.45) is 0 Å². The van der Waals surface area contributed by atoms with Crippen LogP contribution in [0.25, 0.3) is 0 Å². The van der Waals surface area contributed by atoms with Crippen LogP contribution in [0, 0.1) is 0 Å². The molecule has 76 valence electrons. The van der Waals surface area contributed by atoms with Crippen molar-refractivity contribution in [1.29, 1.82) is 0 Å². The van der Waals surface area contributed by atoms with E-state index >= 15 is 0 Å². The van der Waals surface area contributed by atoms with Gasteiger partial charge < -0.3 is 9.47 Å². The van der Waals surface area contributed by atoms with Gasteiger partial charge in [-0.3, -0.25) is 4.79 Å². The van der Waals surface area contributed by atoms with E-state index in [1.165, 1.54) is 6.26 Å². The molecule has 0 aliphatic heterocycles. The topological polar surface area (TPSA) is 35.5 Å². The highest BCUT2D eigenvalue weighted by Crippen LogP contribution is 2.09. The third-order valence-corrected chi connectivity index (χ3v) is 2.36. The van der Waals surface area contributed by atoms with Gasteiger partial charge in [-0.1, -0.05) is 12.6 Å². The van der Waals surface area contributed by atoms with E-state index in [1.807, 2.05) is 17.5 Å². The number of hydrogen-bond acceptors (Lipinski definition) is 4. The normalized spacial score (nSPS) is 9.43. The van der Waals surface area contributed by atoms with Gasteiger partial charge in [0.15, 0.2) is 0 Å². The molecule has 0 saturated heterocycles. The monoisotopic (exact) mass is 212 g/mol. The lowest BCUT2D eigenvalue weighted by atomic mass is 10.3. The predicted octanol–water partition coefficient (Wildman–Crippen LogP) is 1.99. The molecule has 3 nitrogen and oxygen atoms in total. The van der Waals surface area contributed by atoms with Crippen LogP contribution in [0.4, 0.5) is 0 Å². The minimum Gasteiger partial charge on any atom is -0.498 e. The van der Waals surface area contributed by atoms with Crippen LogP contribution in [0.15, 0.2) is 30.4 Å². The Kier molecular flexibility index (Phi) is 4.78. The first-order valence-corrected chi connectivity index (χ1v) is 5.11. The molecule has 0 aliphatic carbocycles. The molecule has 0 atom stereocenters. The Bertz CT molecular complexity index is 280. The van der Waals surface area contributed by atoms with E-state index in [2.05, 4.69) is 6.58 Å². The highest BCUT2D eigenvalue weighted by molar-refractivity contribution is 7.10. The molecule has 1 aromatic rings. The molecule has 0 aliphatic rings. The number of thiophene rings is 1. The lowest BCUT2D eigenvalue weighted by molar-refractivity contribution is -0.143. The van der Waals surface area contributed by atoms with Crippen LogP contribution in [0.5, 0.6) is 0 Å². The van der Waals surface area contributed by atoms with Crippen molar-refractivity contribution in [3.05, 3.63) is 35.2 Å². The van der Waals surface area contributed by atoms with E-state index in [0.29, 0.717) is 13.0 Å². The summed E-state index contributed by atoms with van der Waals surface area (Å²) in [5.41, 5.74) is 0. The van der Waals surface area contributed by atoms with E-state index in [0.717, 1.165) is 4.88 Å². The third kappa shape index (κ3) is 4.09. The van der Waals surface area contributed by atoms with Gasteiger partial charge in [0.05, 0.1) is 12.7 Å². The highest BCUT2D eigenvalue weighted by Gasteiger charge is 2.04. The van der Waals surface area contributed by atoms with Gasteiger partial charge in [-0.15, -0.1) is 11.3 Å². The summed E-state index contributed by atoms with van der Waals surface area (Å²) in [6.45, 7) is 4.01. The van der Waals surface area contributed by atoms with Gasteiger partial charge in [0.2, 0.25) is 0 Å². The van der Waals surface area contributed by atoms with Crippen molar-refractivity contribution in [1.82, 2.24) is 0 Å². The van der Waals surface area contributed by atoms with Gasteiger partial charge in [-0.25, -0.2) is 0 Å². The molecular weight excluding hydrogens is 200 g/mol. The first kappa shape index (κ1) is 10.8.